The lowest BCUT2D eigenvalue weighted by Gasteiger charge is -2.14. The third kappa shape index (κ3) is 12.0. The Morgan fingerprint density at radius 2 is 1.00 bits per heavy atom. The quantitative estimate of drug-likeness (QED) is 0.529. The summed E-state index contributed by atoms with van der Waals surface area (Å²) < 4.78 is 0. The van der Waals surface area contributed by atoms with Gasteiger partial charge < -0.3 is 0 Å². The van der Waals surface area contributed by atoms with Crippen LogP contribution < -0.4 is 0 Å². The molecule has 15 heavy (non-hydrogen) atoms. The van der Waals surface area contributed by atoms with Gasteiger partial charge in [-0.05, 0) is 69.6 Å². The average molecular weight is 284 g/mol. The minimum Gasteiger partial charge on any atom is -0.138 e. The first kappa shape index (κ1) is 16.7. The van der Waals surface area contributed by atoms with Crippen molar-refractivity contribution in [3.05, 3.63) is 0 Å². The zero-order valence-corrected chi connectivity index (χ0v) is 14.5. The van der Waals surface area contributed by atoms with Gasteiger partial charge in [-0.15, -0.1) is 34.3 Å². The van der Waals surface area contributed by atoms with Crippen molar-refractivity contribution in [3.8, 4) is 0 Å². The third-order valence-electron chi connectivity index (χ3n) is 2.57. The molecule has 0 nitrogen and oxygen atoms in total. The van der Waals surface area contributed by atoms with E-state index in [9.17, 15) is 0 Å². The van der Waals surface area contributed by atoms with E-state index in [1.54, 1.807) is 0 Å². The lowest BCUT2D eigenvalue weighted by Crippen LogP contribution is -1.95. The highest BCUT2D eigenvalue weighted by Gasteiger charge is 2.03. The zero-order valence-electron chi connectivity index (χ0n) is 10.4. The van der Waals surface area contributed by atoms with Crippen molar-refractivity contribution in [2.24, 2.45) is 0 Å². The number of hydrogen-bond donors (Lipinski definition) is 0. The van der Waals surface area contributed by atoms with Crippen LogP contribution >= 0.6 is 34.3 Å². The molecule has 0 aromatic heterocycles. The molecule has 4 heteroatoms. The second-order valence-electron chi connectivity index (χ2n) is 4.24. The molecule has 0 bridgehead atoms. The Balaban J connectivity index is 3.27. The molecule has 0 rings (SSSR count). The molecule has 92 valence electrons. The van der Waals surface area contributed by atoms with Gasteiger partial charge in [0.1, 0.15) is 0 Å². The minimum atomic E-state index is 0.363. The van der Waals surface area contributed by atoms with Crippen LogP contribution in [0.1, 0.15) is 19.3 Å². The van der Waals surface area contributed by atoms with Crippen LogP contribution in [-0.2, 0) is 0 Å². The van der Waals surface area contributed by atoms with Crippen LogP contribution in [0.15, 0.2) is 0 Å². The highest BCUT2D eigenvalue weighted by atomic mass is 31.1. The van der Waals surface area contributed by atoms with Crippen molar-refractivity contribution < 1.29 is 0 Å². The van der Waals surface area contributed by atoms with Crippen molar-refractivity contribution in [1.29, 1.82) is 0 Å². The Morgan fingerprint density at radius 3 is 1.33 bits per heavy atom. The fourth-order valence-electron chi connectivity index (χ4n) is 1.56. The second-order valence-corrected chi connectivity index (χ2v) is 10.6. The maximum Gasteiger partial charge on any atom is -0.0325 e. The Hall–Kier alpha value is 1.72. The Kier molecular flexibility index (Phi) is 13.6. The molecule has 0 radical (unpaired) electrons. The summed E-state index contributed by atoms with van der Waals surface area (Å²) in [5, 5.41) is 0. The van der Waals surface area contributed by atoms with Gasteiger partial charge >= 0.3 is 0 Å². The van der Waals surface area contributed by atoms with Gasteiger partial charge in [0.05, 0.1) is 0 Å². The van der Waals surface area contributed by atoms with E-state index >= 15 is 0 Å². The SMILES string of the molecule is CP(CCCP)CCCP(C)CCCP. The van der Waals surface area contributed by atoms with E-state index < -0.39 is 0 Å². The largest absolute Gasteiger partial charge is 0.138 e. The summed E-state index contributed by atoms with van der Waals surface area (Å²) in [5.74, 6) is 0. The molecule has 0 saturated carbocycles. The second kappa shape index (κ2) is 12.2. The maximum absolute atomic E-state index is 2.84. The molecule has 4 unspecified atom stereocenters. The number of rotatable bonds is 10. The lowest BCUT2D eigenvalue weighted by atomic mass is 10.6. The average Bonchev–Trinajstić information content (AvgIpc) is 2.23. The van der Waals surface area contributed by atoms with Crippen LogP contribution in [0, 0.1) is 0 Å². The van der Waals surface area contributed by atoms with E-state index in [1.807, 2.05) is 0 Å². The summed E-state index contributed by atoms with van der Waals surface area (Å²) in [7, 11) is 6.40. The molecular formula is C11H28P4. The zero-order chi connectivity index (χ0) is 11.5. The van der Waals surface area contributed by atoms with Crippen LogP contribution in [0.4, 0.5) is 0 Å². The van der Waals surface area contributed by atoms with Crippen molar-refractivity contribution in [2.75, 3.05) is 50.3 Å². The first-order valence-corrected chi connectivity index (χ1v) is 11.9. The monoisotopic (exact) mass is 284 g/mol. The fraction of sp³-hybridized carbons (Fsp3) is 1.00. The van der Waals surface area contributed by atoms with Gasteiger partial charge in [0, 0.05) is 0 Å². The standard InChI is InChI=1S/C11H28P4/c1-14(8-3-6-12)10-5-11-15(2)9-4-7-13/h3-13H2,1-2H3. The van der Waals surface area contributed by atoms with Gasteiger partial charge in [0.2, 0.25) is 0 Å². The highest BCUT2D eigenvalue weighted by Crippen LogP contribution is 2.37. The van der Waals surface area contributed by atoms with Crippen molar-refractivity contribution in [1.82, 2.24) is 0 Å². The minimum absolute atomic E-state index is 0.363. The first-order chi connectivity index (χ1) is 7.20. The van der Waals surface area contributed by atoms with Crippen LogP contribution in [0.2, 0.25) is 0 Å². The van der Waals surface area contributed by atoms with Gasteiger partial charge in [-0.3, -0.25) is 0 Å². The number of hydrogen-bond acceptors (Lipinski definition) is 0. The molecular weight excluding hydrogens is 256 g/mol. The molecule has 0 aliphatic heterocycles. The maximum atomic E-state index is 2.84. The third-order valence-corrected chi connectivity index (χ3v) is 7.70. The molecule has 0 saturated heterocycles. The summed E-state index contributed by atoms with van der Waals surface area (Å²) in [5.41, 5.74) is 0. The summed E-state index contributed by atoms with van der Waals surface area (Å²) in [6.45, 7) is 4.96. The molecule has 0 spiro atoms. The highest BCUT2D eigenvalue weighted by molar-refractivity contribution is 7.57. The van der Waals surface area contributed by atoms with Crippen molar-refractivity contribution in [2.45, 2.75) is 19.3 Å². The normalized spacial score (nSPS) is 15.2. The van der Waals surface area contributed by atoms with Crippen LogP contribution in [0.5, 0.6) is 0 Å². The van der Waals surface area contributed by atoms with Gasteiger partial charge in [0.25, 0.3) is 0 Å². The van der Waals surface area contributed by atoms with Gasteiger partial charge in [0.15, 0.2) is 0 Å². The molecule has 0 aliphatic carbocycles. The Morgan fingerprint density at radius 1 is 0.667 bits per heavy atom. The van der Waals surface area contributed by atoms with E-state index in [-0.39, 0.29) is 0 Å². The predicted octanol–water partition coefficient (Wildman–Crippen LogP) is 4.13. The van der Waals surface area contributed by atoms with Crippen molar-refractivity contribution in [3.63, 3.8) is 0 Å². The predicted molar refractivity (Wildman–Crippen MR) is 88.2 cm³/mol. The lowest BCUT2D eigenvalue weighted by molar-refractivity contribution is 1.05. The molecule has 0 heterocycles. The summed E-state index contributed by atoms with van der Waals surface area (Å²) in [6, 6.07) is 0. The molecule has 0 aromatic carbocycles. The van der Waals surface area contributed by atoms with Crippen LogP contribution in [0.25, 0.3) is 0 Å². The summed E-state index contributed by atoms with van der Waals surface area (Å²) >= 11 is 0. The molecule has 0 aromatic rings. The smallest absolute Gasteiger partial charge is 0.0325 e. The first-order valence-electron chi connectivity index (χ1n) is 5.98. The molecule has 0 amide bonds. The Labute approximate surface area is 104 Å². The molecule has 0 aliphatic rings. The molecule has 4 atom stereocenters. The van der Waals surface area contributed by atoms with E-state index in [4.69, 9.17) is 0 Å². The van der Waals surface area contributed by atoms with Crippen LogP contribution in [-0.4, -0.2) is 50.3 Å². The van der Waals surface area contributed by atoms with Gasteiger partial charge in [-0.2, -0.15) is 0 Å². The van der Waals surface area contributed by atoms with E-state index in [0.717, 1.165) is 0 Å². The van der Waals surface area contributed by atoms with E-state index in [0.29, 0.717) is 15.8 Å². The topological polar surface area (TPSA) is 0 Å². The fourth-order valence-corrected chi connectivity index (χ4v) is 6.19. The van der Waals surface area contributed by atoms with Gasteiger partial charge in [-0.25, -0.2) is 0 Å². The summed E-state index contributed by atoms with van der Waals surface area (Å²) in [6.07, 6.45) is 12.9. The Bertz CT molecular complexity index is 116. The van der Waals surface area contributed by atoms with Crippen LogP contribution in [0.3, 0.4) is 0 Å². The van der Waals surface area contributed by atoms with Gasteiger partial charge in [-0.1, -0.05) is 0 Å². The van der Waals surface area contributed by atoms with Crippen molar-refractivity contribution >= 4 is 34.3 Å². The summed E-state index contributed by atoms with van der Waals surface area (Å²) in [4.78, 5) is 0. The molecule has 0 fully saturated rings. The van der Waals surface area contributed by atoms with E-state index in [1.165, 1.54) is 56.2 Å². The van der Waals surface area contributed by atoms with E-state index in [2.05, 4.69) is 31.8 Å². The molecule has 0 N–H and O–H groups in total.